The van der Waals surface area contributed by atoms with Gasteiger partial charge in [0.05, 0.1) is 0 Å². The summed E-state index contributed by atoms with van der Waals surface area (Å²) in [6, 6.07) is 13.5. The van der Waals surface area contributed by atoms with E-state index in [1.54, 1.807) is 17.5 Å². The molecule has 9 heteroatoms. The van der Waals surface area contributed by atoms with Gasteiger partial charge < -0.3 is 20.3 Å². The molecule has 0 aliphatic rings. The van der Waals surface area contributed by atoms with Crippen molar-refractivity contribution in [3.05, 3.63) is 59.6 Å². The number of carbonyl (C=O) groups is 1. The van der Waals surface area contributed by atoms with Crippen LogP contribution in [0, 0.1) is 0 Å². The highest BCUT2D eigenvalue weighted by Crippen LogP contribution is 2.24. The quantitative estimate of drug-likeness (QED) is 0.592. The molecular weight excluding hydrogens is 386 g/mol. The lowest BCUT2D eigenvalue weighted by molar-refractivity contribution is -0.0498. The first-order chi connectivity index (χ1) is 13.4. The van der Waals surface area contributed by atoms with Crippen molar-refractivity contribution in [2.24, 2.45) is 0 Å². The van der Waals surface area contributed by atoms with Crippen molar-refractivity contribution >= 4 is 39.4 Å². The van der Waals surface area contributed by atoms with Gasteiger partial charge in [-0.2, -0.15) is 8.78 Å². The highest BCUT2D eigenvalue weighted by molar-refractivity contribution is 7.14. The smallest absolute Gasteiger partial charge is 0.387 e. The zero-order valence-electron chi connectivity index (χ0n) is 15.1. The molecule has 0 aliphatic carbocycles. The van der Waals surface area contributed by atoms with E-state index in [-0.39, 0.29) is 17.4 Å². The third kappa shape index (κ3) is 5.17. The molecule has 0 atom stereocenters. The SMILES string of the molecule is CN(C)c1ccc(NC(=O)c2csc(Nc3ccc(OC(F)F)cc3)n2)cc1. The maximum atomic E-state index is 12.4. The molecule has 1 heterocycles. The van der Waals surface area contributed by atoms with Crippen molar-refractivity contribution in [1.82, 2.24) is 4.98 Å². The summed E-state index contributed by atoms with van der Waals surface area (Å²) in [5, 5.41) is 7.97. The monoisotopic (exact) mass is 404 g/mol. The number of benzene rings is 2. The second kappa shape index (κ2) is 8.66. The number of anilines is 4. The number of aromatic nitrogens is 1. The number of thiazole rings is 1. The van der Waals surface area contributed by atoms with Gasteiger partial charge in [0.25, 0.3) is 5.91 Å². The van der Waals surface area contributed by atoms with Gasteiger partial charge in [0.1, 0.15) is 11.4 Å². The average molecular weight is 404 g/mol. The van der Waals surface area contributed by atoms with Gasteiger partial charge in [0, 0.05) is 36.5 Å². The summed E-state index contributed by atoms with van der Waals surface area (Å²) in [4.78, 5) is 18.6. The summed E-state index contributed by atoms with van der Waals surface area (Å²) >= 11 is 1.26. The molecule has 0 radical (unpaired) electrons. The van der Waals surface area contributed by atoms with Crippen molar-refractivity contribution in [2.45, 2.75) is 6.61 Å². The maximum Gasteiger partial charge on any atom is 0.387 e. The number of hydrogen-bond donors (Lipinski definition) is 2. The molecule has 0 aliphatic heterocycles. The minimum atomic E-state index is -2.86. The van der Waals surface area contributed by atoms with Crippen LogP contribution in [0.4, 0.5) is 31.0 Å². The number of rotatable bonds is 7. The maximum absolute atomic E-state index is 12.4. The molecular formula is C19H18F2N4O2S. The number of ether oxygens (including phenoxy) is 1. The predicted octanol–water partition coefficient (Wildman–Crippen LogP) is 4.81. The van der Waals surface area contributed by atoms with Crippen LogP contribution in [-0.4, -0.2) is 31.6 Å². The van der Waals surface area contributed by atoms with Crippen molar-refractivity contribution in [1.29, 1.82) is 0 Å². The Morgan fingerprint density at radius 2 is 1.71 bits per heavy atom. The van der Waals surface area contributed by atoms with Gasteiger partial charge in [0.15, 0.2) is 5.13 Å². The third-order valence-corrected chi connectivity index (χ3v) is 4.47. The van der Waals surface area contributed by atoms with Crippen LogP contribution in [-0.2, 0) is 0 Å². The van der Waals surface area contributed by atoms with E-state index in [1.807, 2.05) is 43.3 Å². The predicted molar refractivity (Wildman–Crippen MR) is 107 cm³/mol. The standard InChI is InChI=1S/C19H18F2N4O2S/c1-25(2)14-7-3-12(4-8-14)22-17(26)16-11-28-19(24-16)23-13-5-9-15(10-6-13)27-18(20)21/h3-11,18H,1-2H3,(H,22,26)(H,23,24). The molecule has 1 amide bonds. The lowest BCUT2D eigenvalue weighted by Gasteiger charge is -2.12. The third-order valence-electron chi connectivity index (χ3n) is 3.71. The number of carbonyl (C=O) groups excluding carboxylic acids is 1. The summed E-state index contributed by atoms with van der Waals surface area (Å²) in [5.74, 6) is -0.248. The van der Waals surface area contributed by atoms with E-state index < -0.39 is 6.61 Å². The normalized spacial score (nSPS) is 10.6. The van der Waals surface area contributed by atoms with Gasteiger partial charge in [-0.1, -0.05) is 0 Å². The van der Waals surface area contributed by atoms with Gasteiger partial charge in [-0.15, -0.1) is 11.3 Å². The topological polar surface area (TPSA) is 66.5 Å². The molecule has 0 saturated carbocycles. The van der Waals surface area contributed by atoms with E-state index in [2.05, 4.69) is 20.4 Å². The van der Waals surface area contributed by atoms with Crippen LogP contribution in [0.15, 0.2) is 53.9 Å². The molecule has 0 unspecified atom stereocenters. The Labute approximate surface area is 164 Å². The van der Waals surface area contributed by atoms with E-state index >= 15 is 0 Å². The molecule has 3 rings (SSSR count). The van der Waals surface area contributed by atoms with E-state index in [4.69, 9.17) is 0 Å². The number of amides is 1. The second-order valence-corrected chi connectivity index (χ2v) is 6.82. The fourth-order valence-electron chi connectivity index (χ4n) is 2.32. The van der Waals surface area contributed by atoms with Gasteiger partial charge >= 0.3 is 6.61 Å². The Balaban J connectivity index is 1.60. The van der Waals surface area contributed by atoms with Crippen LogP contribution in [0.5, 0.6) is 5.75 Å². The molecule has 2 N–H and O–H groups in total. The summed E-state index contributed by atoms with van der Waals surface area (Å²) in [6.45, 7) is -2.86. The molecule has 6 nitrogen and oxygen atoms in total. The molecule has 0 spiro atoms. The first-order valence-corrected chi connectivity index (χ1v) is 9.15. The fraction of sp³-hybridized carbons (Fsp3) is 0.158. The van der Waals surface area contributed by atoms with Crippen LogP contribution in [0.25, 0.3) is 0 Å². The molecule has 146 valence electrons. The number of alkyl halides is 2. The van der Waals surface area contributed by atoms with Gasteiger partial charge in [-0.3, -0.25) is 4.79 Å². The molecule has 0 fully saturated rings. The largest absolute Gasteiger partial charge is 0.435 e. The van der Waals surface area contributed by atoms with Gasteiger partial charge in [0.2, 0.25) is 0 Å². The second-order valence-electron chi connectivity index (χ2n) is 5.96. The summed E-state index contributed by atoms with van der Waals surface area (Å²) < 4.78 is 28.6. The molecule has 28 heavy (non-hydrogen) atoms. The Morgan fingerprint density at radius 3 is 2.32 bits per heavy atom. The van der Waals surface area contributed by atoms with Gasteiger partial charge in [-0.25, -0.2) is 4.98 Å². The van der Waals surface area contributed by atoms with Crippen LogP contribution >= 0.6 is 11.3 Å². The van der Waals surface area contributed by atoms with Crippen molar-refractivity contribution in [3.8, 4) is 5.75 Å². The van der Waals surface area contributed by atoms with E-state index in [0.29, 0.717) is 16.5 Å². The van der Waals surface area contributed by atoms with Crippen LogP contribution in [0.2, 0.25) is 0 Å². The summed E-state index contributed by atoms with van der Waals surface area (Å²) in [6.07, 6.45) is 0. The Kier molecular flexibility index (Phi) is 6.05. The highest BCUT2D eigenvalue weighted by atomic mass is 32.1. The molecule has 0 bridgehead atoms. The van der Waals surface area contributed by atoms with Crippen LogP contribution in [0.1, 0.15) is 10.5 Å². The molecule has 1 aromatic heterocycles. The lowest BCUT2D eigenvalue weighted by atomic mass is 10.2. The minimum absolute atomic E-state index is 0.0695. The zero-order valence-corrected chi connectivity index (χ0v) is 16.0. The fourth-order valence-corrected chi connectivity index (χ4v) is 3.03. The Bertz CT molecular complexity index is 928. The van der Waals surface area contributed by atoms with E-state index in [9.17, 15) is 13.6 Å². The number of halogens is 2. The highest BCUT2D eigenvalue weighted by Gasteiger charge is 2.12. The zero-order chi connectivity index (χ0) is 20.1. The lowest BCUT2D eigenvalue weighted by Crippen LogP contribution is -2.13. The van der Waals surface area contributed by atoms with Crippen LogP contribution < -0.4 is 20.3 Å². The van der Waals surface area contributed by atoms with E-state index in [1.165, 1.54) is 23.5 Å². The Hall–Kier alpha value is -3.20. The van der Waals surface area contributed by atoms with Crippen molar-refractivity contribution in [3.63, 3.8) is 0 Å². The van der Waals surface area contributed by atoms with E-state index in [0.717, 1.165) is 5.69 Å². The van der Waals surface area contributed by atoms with Crippen molar-refractivity contribution < 1.29 is 18.3 Å². The van der Waals surface area contributed by atoms with Crippen LogP contribution in [0.3, 0.4) is 0 Å². The number of hydrogen-bond acceptors (Lipinski definition) is 6. The minimum Gasteiger partial charge on any atom is -0.435 e. The molecule has 3 aromatic rings. The van der Waals surface area contributed by atoms with Gasteiger partial charge in [-0.05, 0) is 48.5 Å². The van der Waals surface area contributed by atoms with Crippen molar-refractivity contribution in [2.75, 3.05) is 29.6 Å². The summed E-state index contributed by atoms with van der Waals surface area (Å²) in [7, 11) is 3.88. The molecule has 0 saturated heterocycles. The number of nitrogens with one attached hydrogen (secondary N) is 2. The molecule has 2 aromatic carbocycles. The first-order valence-electron chi connectivity index (χ1n) is 8.27. The average Bonchev–Trinajstić information content (AvgIpc) is 3.12. The number of nitrogens with zero attached hydrogens (tertiary/aromatic N) is 2. The first kappa shape index (κ1) is 19.6. The summed E-state index contributed by atoms with van der Waals surface area (Å²) in [5.41, 5.74) is 2.62. The Morgan fingerprint density at radius 1 is 1.07 bits per heavy atom.